The Hall–Kier alpha value is -2.84. The first-order valence-electron chi connectivity index (χ1n) is 8.56. The fourth-order valence-electron chi connectivity index (χ4n) is 2.94. The van der Waals surface area contributed by atoms with Crippen molar-refractivity contribution in [2.75, 3.05) is 0 Å². The minimum Gasteiger partial charge on any atom is -0.283 e. The number of aromatic nitrogens is 6. The summed E-state index contributed by atoms with van der Waals surface area (Å²) in [6, 6.07) is 17.1. The van der Waals surface area contributed by atoms with Crippen molar-refractivity contribution >= 4 is 23.4 Å². The molecule has 7 nitrogen and oxygen atoms in total. The number of halogens is 1. The van der Waals surface area contributed by atoms with Crippen LogP contribution in [-0.2, 0) is 12.8 Å². The van der Waals surface area contributed by atoms with Gasteiger partial charge in [0.05, 0.1) is 11.4 Å². The van der Waals surface area contributed by atoms with Crippen molar-refractivity contribution in [3.8, 4) is 11.4 Å². The molecule has 0 atom stereocenters. The topological polar surface area (TPSA) is 70.5 Å². The lowest BCUT2D eigenvalue weighted by Crippen LogP contribution is -2.22. The molecule has 142 valence electrons. The largest absolute Gasteiger partial charge is 0.297 e. The van der Waals surface area contributed by atoms with E-state index in [1.54, 1.807) is 4.68 Å². The summed E-state index contributed by atoms with van der Waals surface area (Å²) in [5.74, 6) is 0.663. The first kappa shape index (κ1) is 18.5. The van der Waals surface area contributed by atoms with Crippen LogP contribution in [0, 0.1) is 6.92 Å². The van der Waals surface area contributed by atoms with Gasteiger partial charge >= 0.3 is 0 Å². The van der Waals surface area contributed by atoms with Gasteiger partial charge in [0.2, 0.25) is 5.16 Å². The zero-order chi connectivity index (χ0) is 19.7. The lowest BCUT2D eigenvalue weighted by Gasteiger charge is -2.07. The summed E-state index contributed by atoms with van der Waals surface area (Å²) in [5.41, 5.74) is 2.92. The Labute approximate surface area is 170 Å². The van der Waals surface area contributed by atoms with Crippen LogP contribution in [-0.4, -0.2) is 29.6 Å². The highest BCUT2D eigenvalue weighted by molar-refractivity contribution is 7.98. The standard InChI is InChI=1S/C19H17ClN6OS/c1-13-17(18(27)26(24(13)2)16-6-4-3-5-7-16)25-19(21-22-23-25)28-12-14-8-10-15(20)11-9-14/h3-11H,12H2,1-2H3. The predicted molar refractivity (Wildman–Crippen MR) is 109 cm³/mol. The van der Waals surface area contributed by atoms with Gasteiger partial charge in [0.15, 0.2) is 5.69 Å². The molecule has 0 unspecified atom stereocenters. The smallest absolute Gasteiger partial charge is 0.283 e. The van der Waals surface area contributed by atoms with Gasteiger partial charge in [-0.2, -0.15) is 4.68 Å². The summed E-state index contributed by atoms with van der Waals surface area (Å²) in [6.45, 7) is 1.88. The Morgan fingerprint density at radius 1 is 1.07 bits per heavy atom. The minimum atomic E-state index is -0.174. The first-order valence-corrected chi connectivity index (χ1v) is 9.92. The van der Waals surface area contributed by atoms with Crippen LogP contribution < -0.4 is 5.56 Å². The second kappa shape index (κ2) is 7.65. The number of rotatable bonds is 5. The molecule has 2 aromatic heterocycles. The van der Waals surface area contributed by atoms with E-state index >= 15 is 0 Å². The molecular formula is C19H17ClN6OS. The average molecular weight is 413 g/mol. The Kier molecular flexibility index (Phi) is 5.06. The SMILES string of the molecule is Cc1c(-n2nnnc2SCc2ccc(Cl)cc2)c(=O)n(-c2ccccc2)n1C. The monoisotopic (exact) mass is 412 g/mol. The summed E-state index contributed by atoms with van der Waals surface area (Å²) < 4.78 is 4.93. The number of benzene rings is 2. The average Bonchev–Trinajstić information content (AvgIpc) is 3.24. The molecule has 0 aliphatic rings. The van der Waals surface area contributed by atoms with Gasteiger partial charge in [0.25, 0.3) is 5.56 Å². The zero-order valence-corrected chi connectivity index (χ0v) is 16.9. The Morgan fingerprint density at radius 2 is 1.79 bits per heavy atom. The molecule has 0 radical (unpaired) electrons. The number of tetrazole rings is 1. The van der Waals surface area contributed by atoms with E-state index < -0.39 is 0 Å². The molecule has 2 aromatic carbocycles. The zero-order valence-electron chi connectivity index (χ0n) is 15.3. The van der Waals surface area contributed by atoms with Crippen LogP contribution in [0.2, 0.25) is 5.02 Å². The maximum atomic E-state index is 13.2. The van der Waals surface area contributed by atoms with Crippen LogP contribution >= 0.6 is 23.4 Å². The summed E-state index contributed by atoms with van der Waals surface area (Å²) in [5, 5.41) is 13.2. The van der Waals surface area contributed by atoms with Crippen LogP contribution in [0.4, 0.5) is 0 Å². The molecule has 0 saturated heterocycles. The lowest BCUT2D eigenvalue weighted by atomic mass is 10.2. The van der Waals surface area contributed by atoms with Crippen LogP contribution in [0.15, 0.2) is 64.5 Å². The number of thioether (sulfide) groups is 1. The highest BCUT2D eigenvalue weighted by Gasteiger charge is 2.21. The van der Waals surface area contributed by atoms with Gasteiger partial charge in [-0.15, -0.1) is 5.10 Å². The van der Waals surface area contributed by atoms with Crippen molar-refractivity contribution in [3.63, 3.8) is 0 Å². The van der Waals surface area contributed by atoms with Crippen LogP contribution in [0.1, 0.15) is 11.3 Å². The van der Waals surface area contributed by atoms with Crippen molar-refractivity contribution in [2.24, 2.45) is 7.05 Å². The second-order valence-corrected chi connectivity index (χ2v) is 7.58. The van der Waals surface area contributed by atoms with E-state index in [-0.39, 0.29) is 5.56 Å². The molecule has 0 amide bonds. The van der Waals surface area contributed by atoms with Crippen molar-refractivity contribution in [3.05, 3.63) is 81.2 Å². The van der Waals surface area contributed by atoms with E-state index in [4.69, 9.17) is 11.6 Å². The molecule has 0 saturated carbocycles. The maximum Gasteiger partial charge on any atom is 0.297 e. The van der Waals surface area contributed by atoms with Gasteiger partial charge in [-0.1, -0.05) is 53.7 Å². The van der Waals surface area contributed by atoms with Crippen LogP contribution in [0.5, 0.6) is 0 Å². The molecule has 4 rings (SSSR count). The normalized spacial score (nSPS) is 11.1. The predicted octanol–water partition coefficient (Wildman–Crippen LogP) is 3.41. The van der Waals surface area contributed by atoms with Crippen molar-refractivity contribution in [1.29, 1.82) is 0 Å². The quantitative estimate of drug-likeness (QED) is 0.470. The third-order valence-electron chi connectivity index (χ3n) is 4.46. The summed E-state index contributed by atoms with van der Waals surface area (Å²) in [6.07, 6.45) is 0. The van der Waals surface area contributed by atoms with Crippen LogP contribution in [0.25, 0.3) is 11.4 Å². The molecule has 0 N–H and O–H groups in total. The molecule has 0 aliphatic heterocycles. The molecule has 9 heteroatoms. The number of hydrogen-bond donors (Lipinski definition) is 0. The highest BCUT2D eigenvalue weighted by Crippen LogP contribution is 2.24. The minimum absolute atomic E-state index is 0.174. The van der Waals surface area contributed by atoms with Gasteiger partial charge in [0, 0.05) is 17.8 Å². The van der Waals surface area contributed by atoms with Gasteiger partial charge in [-0.25, -0.2) is 4.68 Å². The third kappa shape index (κ3) is 3.36. The van der Waals surface area contributed by atoms with E-state index in [1.165, 1.54) is 16.4 Å². The van der Waals surface area contributed by atoms with Crippen molar-refractivity contribution in [2.45, 2.75) is 17.8 Å². The van der Waals surface area contributed by atoms with Crippen LogP contribution in [0.3, 0.4) is 0 Å². The van der Waals surface area contributed by atoms with Gasteiger partial charge in [-0.05, 0) is 47.2 Å². The van der Waals surface area contributed by atoms with Gasteiger partial charge in [0.1, 0.15) is 0 Å². The molecule has 0 spiro atoms. The molecular weight excluding hydrogens is 396 g/mol. The van der Waals surface area contributed by atoms with Gasteiger partial charge in [-0.3, -0.25) is 9.48 Å². The highest BCUT2D eigenvalue weighted by atomic mass is 35.5. The second-order valence-electron chi connectivity index (χ2n) is 6.20. The molecule has 4 aromatic rings. The van der Waals surface area contributed by atoms with E-state index in [0.717, 1.165) is 16.9 Å². The first-order chi connectivity index (χ1) is 13.6. The Bertz CT molecular complexity index is 1160. The fraction of sp³-hybridized carbons (Fsp3) is 0.158. The molecule has 28 heavy (non-hydrogen) atoms. The fourth-order valence-corrected chi connectivity index (χ4v) is 3.89. The van der Waals surface area contributed by atoms with E-state index in [9.17, 15) is 4.79 Å². The Balaban J connectivity index is 1.70. The number of hydrogen-bond acceptors (Lipinski definition) is 5. The molecule has 0 fully saturated rings. The third-order valence-corrected chi connectivity index (χ3v) is 5.70. The lowest BCUT2D eigenvalue weighted by molar-refractivity contribution is 0.630. The summed E-state index contributed by atoms with van der Waals surface area (Å²) in [4.78, 5) is 13.2. The van der Waals surface area contributed by atoms with E-state index in [1.807, 2.05) is 73.3 Å². The summed E-state index contributed by atoms with van der Waals surface area (Å²) in [7, 11) is 1.85. The maximum absolute atomic E-state index is 13.2. The summed E-state index contributed by atoms with van der Waals surface area (Å²) >= 11 is 7.40. The number of nitrogens with zero attached hydrogens (tertiary/aromatic N) is 6. The molecule has 0 bridgehead atoms. The van der Waals surface area contributed by atoms with E-state index in [0.29, 0.717) is 21.6 Å². The van der Waals surface area contributed by atoms with Crippen molar-refractivity contribution in [1.82, 2.24) is 29.6 Å². The molecule has 0 aliphatic carbocycles. The van der Waals surface area contributed by atoms with Crippen molar-refractivity contribution < 1.29 is 0 Å². The van der Waals surface area contributed by atoms with E-state index in [2.05, 4.69) is 15.5 Å². The Morgan fingerprint density at radius 3 is 2.50 bits per heavy atom. The van der Waals surface area contributed by atoms with Gasteiger partial charge < -0.3 is 0 Å². The molecule has 2 heterocycles. The number of para-hydroxylation sites is 1.